The number of alkyl halides is 1. The molecule has 0 bridgehead atoms. The molecule has 0 fully saturated rings. The van der Waals surface area contributed by atoms with E-state index in [9.17, 15) is 0 Å². The first kappa shape index (κ1) is 11.3. The first-order chi connectivity index (χ1) is 7.20. The van der Waals surface area contributed by atoms with Crippen LogP contribution in [0.4, 0.5) is 0 Å². The fourth-order valence-corrected chi connectivity index (χ4v) is 1.94. The molecule has 2 aromatic rings. The van der Waals surface area contributed by atoms with Crippen molar-refractivity contribution in [3.63, 3.8) is 0 Å². The van der Waals surface area contributed by atoms with Gasteiger partial charge in [-0.2, -0.15) is 0 Å². The summed E-state index contributed by atoms with van der Waals surface area (Å²) in [6, 6.07) is 6.00. The third-order valence-electron chi connectivity index (χ3n) is 1.85. The molecule has 0 N–H and O–H groups in total. The van der Waals surface area contributed by atoms with Crippen molar-refractivity contribution in [2.24, 2.45) is 0 Å². The van der Waals surface area contributed by atoms with Crippen molar-refractivity contribution < 1.29 is 0 Å². The zero-order valence-electron chi connectivity index (χ0n) is 7.49. The van der Waals surface area contributed by atoms with Gasteiger partial charge >= 0.3 is 0 Å². The molecule has 0 spiro atoms. The maximum Gasteiger partial charge on any atom is 0.0979 e. The van der Waals surface area contributed by atoms with Gasteiger partial charge in [0.25, 0.3) is 0 Å². The largest absolute Gasteiger partial charge is 0.220 e. The quantitative estimate of drug-likeness (QED) is 0.574. The summed E-state index contributed by atoms with van der Waals surface area (Å²) >= 11 is 11.4. The molecule has 3 nitrogen and oxygen atoms in total. The maximum atomic E-state index is 5.66. The Bertz CT molecular complexity index is 486. The Balaban J connectivity index is 2.40. The lowest BCUT2D eigenvalue weighted by Gasteiger charge is -2.01. The average Bonchev–Trinajstić information content (AvgIpc) is 2.70. The number of nitrogens with zero attached hydrogens (tertiary/aromatic N) is 3. The molecule has 1 aromatic carbocycles. The van der Waals surface area contributed by atoms with Gasteiger partial charge in [0, 0.05) is 8.04 Å². The second-order valence-electron chi connectivity index (χ2n) is 2.89. The molecule has 1 heterocycles. The third-order valence-corrected chi connectivity index (χ3v) is 4.46. The summed E-state index contributed by atoms with van der Waals surface area (Å²) in [6.07, 6.45) is 1.82. The first-order valence-electron chi connectivity index (χ1n) is 4.13. The van der Waals surface area contributed by atoms with Gasteiger partial charge in [-0.25, -0.2) is 4.68 Å². The molecule has 15 heavy (non-hydrogen) atoms. The second kappa shape index (κ2) is 4.80. The van der Waals surface area contributed by atoms with Crippen LogP contribution in [0.5, 0.6) is 0 Å². The molecule has 0 saturated carbocycles. The van der Waals surface area contributed by atoms with E-state index in [0.717, 1.165) is 19.4 Å². The van der Waals surface area contributed by atoms with Crippen LogP contribution < -0.4 is 0 Å². The van der Waals surface area contributed by atoms with E-state index in [1.165, 1.54) is 0 Å². The number of hydrogen-bond acceptors (Lipinski definition) is 2. The predicted octanol–water partition coefficient (Wildman–Crippen LogP) is 3.37. The summed E-state index contributed by atoms with van der Waals surface area (Å²) in [6.45, 7) is 0. The van der Waals surface area contributed by atoms with Crippen LogP contribution in [0.1, 0.15) is 5.69 Å². The van der Waals surface area contributed by atoms with Crippen molar-refractivity contribution >= 4 is 50.1 Å². The third kappa shape index (κ3) is 2.51. The van der Waals surface area contributed by atoms with E-state index in [1.807, 2.05) is 24.4 Å². The number of benzene rings is 1. The standard InChI is InChI=1S/C9H6BrClIN3/c10-8-3-7(1-2-9(8)12)15-5-6(4-11)13-14-15/h1-3,5H,4H2. The van der Waals surface area contributed by atoms with Gasteiger partial charge in [-0.05, 0) is 56.7 Å². The highest BCUT2D eigenvalue weighted by atomic mass is 127. The molecular formula is C9H6BrClIN3. The average molecular weight is 398 g/mol. The molecule has 1 aromatic heterocycles. The lowest BCUT2D eigenvalue weighted by atomic mass is 10.3. The molecule has 2 rings (SSSR count). The number of halogens is 3. The zero-order valence-corrected chi connectivity index (χ0v) is 12.0. The summed E-state index contributed by atoms with van der Waals surface area (Å²) in [7, 11) is 0. The summed E-state index contributed by atoms with van der Waals surface area (Å²) in [5.41, 5.74) is 1.73. The lowest BCUT2D eigenvalue weighted by Crippen LogP contribution is -1.95. The molecule has 6 heteroatoms. The molecule has 0 saturated heterocycles. The Morgan fingerprint density at radius 1 is 1.47 bits per heavy atom. The van der Waals surface area contributed by atoms with Crippen molar-refractivity contribution in [2.75, 3.05) is 0 Å². The van der Waals surface area contributed by atoms with Crippen molar-refractivity contribution in [2.45, 2.75) is 5.88 Å². The Kier molecular flexibility index (Phi) is 3.63. The van der Waals surface area contributed by atoms with Gasteiger partial charge in [0.2, 0.25) is 0 Å². The highest BCUT2D eigenvalue weighted by molar-refractivity contribution is 14.1. The van der Waals surface area contributed by atoms with Gasteiger partial charge in [-0.3, -0.25) is 0 Å². The Hall–Kier alpha value is -0.140. The maximum absolute atomic E-state index is 5.66. The first-order valence-corrected chi connectivity index (χ1v) is 6.54. The molecule has 0 atom stereocenters. The minimum Gasteiger partial charge on any atom is -0.220 e. The van der Waals surface area contributed by atoms with Crippen molar-refractivity contribution in [3.05, 3.63) is 38.1 Å². The van der Waals surface area contributed by atoms with Crippen LogP contribution in [0.2, 0.25) is 0 Å². The molecule has 0 aliphatic rings. The summed E-state index contributed by atoms with van der Waals surface area (Å²) in [4.78, 5) is 0. The topological polar surface area (TPSA) is 30.7 Å². The van der Waals surface area contributed by atoms with Crippen LogP contribution in [0, 0.1) is 3.57 Å². The Morgan fingerprint density at radius 3 is 2.87 bits per heavy atom. The molecule has 0 aliphatic carbocycles. The van der Waals surface area contributed by atoms with Crippen LogP contribution in [-0.4, -0.2) is 15.0 Å². The number of hydrogen-bond donors (Lipinski definition) is 0. The van der Waals surface area contributed by atoms with E-state index in [2.05, 4.69) is 48.8 Å². The fraction of sp³-hybridized carbons (Fsp3) is 0.111. The fourth-order valence-electron chi connectivity index (χ4n) is 1.11. The minimum absolute atomic E-state index is 0.380. The van der Waals surface area contributed by atoms with Gasteiger partial charge in [-0.1, -0.05) is 5.21 Å². The molecule has 0 aliphatic heterocycles. The smallest absolute Gasteiger partial charge is 0.0979 e. The van der Waals surface area contributed by atoms with E-state index < -0.39 is 0 Å². The van der Waals surface area contributed by atoms with E-state index in [4.69, 9.17) is 11.6 Å². The van der Waals surface area contributed by atoms with Crippen molar-refractivity contribution in [1.82, 2.24) is 15.0 Å². The van der Waals surface area contributed by atoms with E-state index in [0.29, 0.717) is 5.88 Å². The Morgan fingerprint density at radius 2 is 2.27 bits per heavy atom. The van der Waals surface area contributed by atoms with Gasteiger partial charge < -0.3 is 0 Å². The summed E-state index contributed by atoms with van der Waals surface area (Å²) < 4.78 is 3.91. The van der Waals surface area contributed by atoms with Crippen molar-refractivity contribution in [1.29, 1.82) is 0 Å². The van der Waals surface area contributed by atoms with E-state index in [1.54, 1.807) is 4.68 Å². The van der Waals surface area contributed by atoms with Crippen LogP contribution in [0.25, 0.3) is 5.69 Å². The molecule has 0 radical (unpaired) electrons. The van der Waals surface area contributed by atoms with Crippen LogP contribution in [0.3, 0.4) is 0 Å². The predicted molar refractivity (Wildman–Crippen MR) is 71.3 cm³/mol. The van der Waals surface area contributed by atoms with E-state index in [-0.39, 0.29) is 0 Å². The number of rotatable bonds is 2. The van der Waals surface area contributed by atoms with Gasteiger partial charge in [-0.15, -0.1) is 16.7 Å². The van der Waals surface area contributed by atoms with Crippen LogP contribution >= 0.6 is 50.1 Å². The normalized spacial score (nSPS) is 10.6. The molecule has 0 unspecified atom stereocenters. The summed E-state index contributed by atoms with van der Waals surface area (Å²) in [5.74, 6) is 0.380. The van der Waals surface area contributed by atoms with Crippen molar-refractivity contribution in [3.8, 4) is 5.69 Å². The van der Waals surface area contributed by atoms with Gasteiger partial charge in [0.05, 0.1) is 23.5 Å². The van der Waals surface area contributed by atoms with Gasteiger partial charge in [0.1, 0.15) is 0 Å². The molecular weight excluding hydrogens is 392 g/mol. The van der Waals surface area contributed by atoms with Gasteiger partial charge in [0.15, 0.2) is 0 Å². The number of aromatic nitrogens is 3. The minimum atomic E-state index is 0.380. The zero-order chi connectivity index (χ0) is 10.8. The van der Waals surface area contributed by atoms with E-state index >= 15 is 0 Å². The lowest BCUT2D eigenvalue weighted by molar-refractivity contribution is 0.799. The van der Waals surface area contributed by atoms with Crippen LogP contribution in [0.15, 0.2) is 28.9 Å². The Labute approximate surface area is 114 Å². The molecule has 78 valence electrons. The van der Waals surface area contributed by atoms with Crippen LogP contribution in [-0.2, 0) is 5.88 Å². The second-order valence-corrected chi connectivity index (χ2v) is 5.17. The summed E-state index contributed by atoms with van der Waals surface area (Å²) in [5, 5.41) is 7.91. The highest BCUT2D eigenvalue weighted by Gasteiger charge is 2.03. The monoisotopic (exact) mass is 397 g/mol. The molecule has 0 amide bonds. The highest BCUT2D eigenvalue weighted by Crippen LogP contribution is 2.21. The SMILES string of the molecule is ClCc1cn(-c2ccc(I)c(Br)c2)nn1.